The summed E-state index contributed by atoms with van der Waals surface area (Å²) in [6.07, 6.45) is 3.65. The first-order valence-corrected chi connectivity index (χ1v) is 6.40. The van der Waals surface area contributed by atoms with E-state index in [1.807, 2.05) is 4.90 Å². The van der Waals surface area contributed by atoms with Crippen molar-refractivity contribution in [3.8, 4) is 0 Å². The zero-order chi connectivity index (χ0) is 13.7. The number of rotatable bonds is 6. The molecule has 0 spiro atoms. The predicted molar refractivity (Wildman–Crippen MR) is 71.2 cm³/mol. The summed E-state index contributed by atoms with van der Waals surface area (Å²) < 4.78 is 0. The average Bonchev–Trinajstić information content (AvgIpc) is 2.91. The summed E-state index contributed by atoms with van der Waals surface area (Å²) in [5.41, 5.74) is 0.0207. The smallest absolute Gasteiger partial charge is 0.274 e. The normalized spacial score (nSPS) is 18.5. The molecule has 1 fully saturated rings. The van der Waals surface area contributed by atoms with E-state index in [1.165, 1.54) is 18.3 Å². The van der Waals surface area contributed by atoms with Gasteiger partial charge in [0.2, 0.25) is 0 Å². The van der Waals surface area contributed by atoms with Crippen LogP contribution in [0.5, 0.6) is 0 Å². The Labute approximate surface area is 111 Å². The van der Waals surface area contributed by atoms with Crippen molar-refractivity contribution in [2.75, 3.05) is 31.1 Å². The minimum atomic E-state index is -0.434. The van der Waals surface area contributed by atoms with E-state index < -0.39 is 4.92 Å². The van der Waals surface area contributed by atoms with Gasteiger partial charge in [0.1, 0.15) is 5.82 Å². The molecule has 7 heteroatoms. The van der Waals surface area contributed by atoms with Crippen molar-refractivity contribution in [2.45, 2.75) is 18.9 Å². The van der Waals surface area contributed by atoms with Gasteiger partial charge < -0.3 is 15.3 Å². The highest BCUT2D eigenvalue weighted by molar-refractivity contribution is 5.46. The number of aliphatic hydroxyl groups excluding tert-OH is 1. The number of nitro groups is 1. The number of anilines is 1. The fraction of sp³-hybridized carbons (Fsp3) is 0.583. The molecule has 1 aromatic heterocycles. The molecule has 2 heterocycles. The summed E-state index contributed by atoms with van der Waals surface area (Å²) in [6.45, 7) is 2.12. The first kappa shape index (κ1) is 13.7. The quantitative estimate of drug-likeness (QED) is 0.577. The van der Waals surface area contributed by atoms with Crippen LogP contribution < -0.4 is 10.2 Å². The maximum absolute atomic E-state index is 10.8. The molecule has 19 heavy (non-hydrogen) atoms. The van der Waals surface area contributed by atoms with Crippen LogP contribution in [0.25, 0.3) is 0 Å². The number of pyridine rings is 1. The second kappa shape index (κ2) is 6.44. The van der Waals surface area contributed by atoms with Crippen molar-refractivity contribution in [2.24, 2.45) is 0 Å². The van der Waals surface area contributed by atoms with Gasteiger partial charge in [0.25, 0.3) is 5.69 Å². The summed E-state index contributed by atoms with van der Waals surface area (Å²) in [5, 5.41) is 23.3. The topological polar surface area (TPSA) is 91.5 Å². The van der Waals surface area contributed by atoms with Crippen LogP contribution in [0.3, 0.4) is 0 Å². The molecule has 0 saturated carbocycles. The molecule has 7 nitrogen and oxygen atoms in total. The number of nitrogens with one attached hydrogen (secondary N) is 1. The Morgan fingerprint density at radius 2 is 2.47 bits per heavy atom. The summed E-state index contributed by atoms with van der Waals surface area (Å²) in [6, 6.07) is 3.17. The highest BCUT2D eigenvalue weighted by Gasteiger charge is 2.19. The molecule has 2 N–H and O–H groups in total. The van der Waals surface area contributed by atoms with E-state index in [-0.39, 0.29) is 12.3 Å². The van der Waals surface area contributed by atoms with Crippen LogP contribution in [0, 0.1) is 10.1 Å². The second-order valence-corrected chi connectivity index (χ2v) is 4.59. The van der Waals surface area contributed by atoms with Crippen LogP contribution in [0.1, 0.15) is 12.8 Å². The molecule has 0 amide bonds. The Hall–Kier alpha value is -1.73. The van der Waals surface area contributed by atoms with Crippen LogP contribution in [-0.2, 0) is 0 Å². The van der Waals surface area contributed by atoms with Crippen LogP contribution in [0.4, 0.5) is 11.5 Å². The molecule has 1 atom stereocenters. The van der Waals surface area contributed by atoms with E-state index in [0.717, 1.165) is 19.4 Å². The van der Waals surface area contributed by atoms with Crippen molar-refractivity contribution < 1.29 is 10.0 Å². The third kappa shape index (κ3) is 3.62. The van der Waals surface area contributed by atoms with Crippen molar-refractivity contribution in [1.82, 2.24) is 10.3 Å². The third-order valence-corrected chi connectivity index (χ3v) is 3.24. The summed E-state index contributed by atoms with van der Waals surface area (Å²) >= 11 is 0. The van der Waals surface area contributed by atoms with Crippen molar-refractivity contribution >= 4 is 11.5 Å². The van der Waals surface area contributed by atoms with Gasteiger partial charge >= 0.3 is 0 Å². The lowest BCUT2D eigenvalue weighted by Gasteiger charge is -2.25. The first-order chi connectivity index (χ1) is 9.20. The molecule has 0 radical (unpaired) electrons. The van der Waals surface area contributed by atoms with Crippen LogP contribution in [-0.4, -0.2) is 47.3 Å². The molecule has 1 aliphatic heterocycles. The predicted octanol–water partition coefficient (Wildman–Crippen LogP) is 0.540. The van der Waals surface area contributed by atoms with Crippen molar-refractivity contribution in [3.63, 3.8) is 0 Å². The van der Waals surface area contributed by atoms with Gasteiger partial charge in [-0.15, -0.1) is 0 Å². The minimum Gasteiger partial charge on any atom is -0.395 e. The molecule has 0 aliphatic carbocycles. The number of hydrogen-bond donors (Lipinski definition) is 2. The van der Waals surface area contributed by atoms with Gasteiger partial charge in [0.15, 0.2) is 0 Å². The van der Waals surface area contributed by atoms with E-state index in [9.17, 15) is 10.1 Å². The molecule has 1 aromatic rings. The summed E-state index contributed by atoms with van der Waals surface area (Å²) in [7, 11) is 0. The van der Waals surface area contributed by atoms with E-state index >= 15 is 0 Å². The largest absolute Gasteiger partial charge is 0.395 e. The number of aromatic nitrogens is 1. The number of nitrogens with zero attached hydrogens (tertiary/aromatic N) is 3. The van der Waals surface area contributed by atoms with Crippen LogP contribution in [0.2, 0.25) is 0 Å². The maximum Gasteiger partial charge on any atom is 0.274 e. The van der Waals surface area contributed by atoms with E-state index in [2.05, 4.69) is 10.3 Å². The lowest BCUT2D eigenvalue weighted by Crippen LogP contribution is -2.39. The molecule has 0 bridgehead atoms. The van der Waals surface area contributed by atoms with Gasteiger partial charge in [-0.3, -0.25) is 10.1 Å². The molecule has 1 aliphatic rings. The first-order valence-electron chi connectivity index (χ1n) is 6.40. The molecule has 2 rings (SSSR count). The van der Waals surface area contributed by atoms with Crippen molar-refractivity contribution in [3.05, 3.63) is 28.4 Å². The number of aliphatic hydroxyl groups is 1. The molecule has 104 valence electrons. The minimum absolute atomic E-state index is 0.00289. The van der Waals surface area contributed by atoms with Gasteiger partial charge in [0.05, 0.1) is 17.6 Å². The Bertz CT molecular complexity index is 435. The highest BCUT2D eigenvalue weighted by Crippen LogP contribution is 2.19. The monoisotopic (exact) mass is 266 g/mol. The molecule has 1 unspecified atom stereocenters. The van der Waals surface area contributed by atoms with Gasteiger partial charge in [-0.1, -0.05) is 0 Å². The Kier molecular flexibility index (Phi) is 4.64. The molecular weight excluding hydrogens is 248 g/mol. The molecule has 0 aromatic carbocycles. The van der Waals surface area contributed by atoms with Crippen LogP contribution in [0.15, 0.2) is 18.3 Å². The number of hydrogen-bond acceptors (Lipinski definition) is 6. The van der Waals surface area contributed by atoms with E-state index in [4.69, 9.17) is 5.11 Å². The van der Waals surface area contributed by atoms with Gasteiger partial charge in [-0.25, -0.2) is 4.98 Å². The summed E-state index contributed by atoms with van der Waals surface area (Å²) in [4.78, 5) is 16.4. The van der Waals surface area contributed by atoms with Gasteiger partial charge in [-0.05, 0) is 19.4 Å². The zero-order valence-corrected chi connectivity index (χ0v) is 10.7. The Morgan fingerprint density at radius 1 is 1.63 bits per heavy atom. The Balaban J connectivity index is 2.12. The second-order valence-electron chi connectivity index (χ2n) is 4.59. The lowest BCUT2D eigenvalue weighted by atomic mass is 10.2. The van der Waals surface area contributed by atoms with Gasteiger partial charge in [0, 0.05) is 31.4 Å². The fourth-order valence-corrected chi connectivity index (χ4v) is 2.29. The molecule has 1 saturated heterocycles. The van der Waals surface area contributed by atoms with E-state index in [0.29, 0.717) is 24.9 Å². The average molecular weight is 266 g/mol. The van der Waals surface area contributed by atoms with Gasteiger partial charge in [-0.2, -0.15) is 0 Å². The highest BCUT2D eigenvalue weighted by atomic mass is 16.6. The fourth-order valence-electron chi connectivity index (χ4n) is 2.29. The standard InChI is InChI=1S/C12H18N4O3/c17-7-6-15(9-10-2-1-4-13-10)12-8-11(16(18)19)3-5-14-12/h3,5,8,10,13,17H,1-2,4,6-7,9H2. The van der Waals surface area contributed by atoms with Crippen LogP contribution >= 0.6 is 0 Å². The maximum atomic E-state index is 10.8. The van der Waals surface area contributed by atoms with E-state index in [1.54, 1.807) is 0 Å². The van der Waals surface area contributed by atoms with Crippen molar-refractivity contribution in [1.29, 1.82) is 0 Å². The SMILES string of the molecule is O=[N+]([O-])c1ccnc(N(CCO)CC2CCCN2)c1. The Morgan fingerprint density at radius 3 is 3.11 bits per heavy atom. The summed E-state index contributed by atoms with van der Waals surface area (Å²) in [5.74, 6) is 0.539. The zero-order valence-electron chi connectivity index (χ0n) is 10.7. The lowest BCUT2D eigenvalue weighted by molar-refractivity contribution is -0.384. The third-order valence-electron chi connectivity index (χ3n) is 3.24. The molecular formula is C12H18N4O3.